The van der Waals surface area contributed by atoms with Crippen LogP contribution >= 0.6 is 11.3 Å². The number of furan rings is 1. The Labute approximate surface area is 345 Å². The van der Waals surface area contributed by atoms with E-state index in [1.165, 1.54) is 58.6 Å². The highest BCUT2D eigenvalue weighted by atomic mass is 32.1. The molecule has 276 valence electrons. The molecule has 12 rings (SSSR count). The van der Waals surface area contributed by atoms with E-state index in [4.69, 9.17) is 4.42 Å². The molecule has 3 heteroatoms. The second kappa shape index (κ2) is 13.6. The fourth-order valence-electron chi connectivity index (χ4n) is 9.12. The molecule has 0 N–H and O–H groups in total. The third-order valence-electron chi connectivity index (χ3n) is 11.9. The summed E-state index contributed by atoms with van der Waals surface area (Å²) in [6, 6.07) is 76.8. The van der Waals surface area contributed by atoms with E-state index in [0.29, 0.717) is 0 Å². The smallest absolute Gasteiger partial charge is 0.159 e. The molecule has 0 saturated carbocycles. The average molecular weight is 770 g/mol. The number of para-hydroxylation sites is 2. The summed E-state index contributed by atoms with van der Waals surface area (Å²) in [4.78, 5) is 2.39. The normalized spacial score (nSPS) is 11.7. The van der Waals surface area contributed by atoms with E-state index in [-0.39, 0.29) is 0 Å². The fourth-order valence-corrected chi connectivity index (χ4v) is 10.3. The molecule has 12 aromatic rings. The summed E-state index contributed by atoms with van der Waals surface area (Å²) in [6.45, 7) is 0. The third kappa shape index (κ3) is 5.47. The van der Waals surface area contributed by atoms with Crippen LogP contribution in [-0.4, -0.2) is 0 Å². The Morgan fingerprint density at radius 2 is 0.915 bits per heavy atom. The van der Waals surface area contributed by atoms with E-state index in [9.17, 15) is 0 Å². The van der Waals surface area contributed by atoms with Gasteiger partial charge in [-0.3, -0.25) is 0 Å². The van der Waals surface area contributed by atoms with Crippen molar-refractivity contribution in [1.29, 1.82) is 0 Å². The molecule has 10 aromatic carbocycles. The van der Waals surface area contributed by atoms with Crippen molar-refractivity contribution in [3.8, 4) is 33.4 Å². The molecule has 2 nitrogen and oxygen atoms in total. The summed E-state index contributed by atoms with van der Waals surface area (Å²) in [5.41, 5.74) is 11.9. The van der Waals surface area contributed by atoms with Gasteiger partial charge in [0.1, 0.15) is 5.58 Å². The maximum absolute atomic E-state index is 7.06. The Morgan fingerprint density at radius 3 is 1.78 bits per heavy atom. The second-order valence-corrected chi connectivity index (χ2v) is 16.3. The minimum atomic E-state index is 0.854. The summed E-state index contributed by atoms with van der Waals surface area (Å²) in [6.07, 6.45) is 0. The van der Waals surface area contributed by atoms with E-state index < -0.39 is 0 Å². The SMILES string of the molecule is c1ccc(-c2cccc3c2oc2c(N(c4ccc(-c5cccc6ccccc56)cc4)c4ccc(-c5ccc6c(c5)sc5ccccc56)c5ccccc45)cccc23)cc1. The van der Waals surface area contributed by atoms with Gasteiger partial charge in [-0.2, -0.15) is 0 Å². The minimum Gasteiger partial charge on any atom is -0.453 e. The Kier molecular flexibility index (Phi) is 7.75. The molecule has 0 saturated heterocycles. The van der Waals surface area contributed by atoms with Crippen molar-refractivity contribution in [2.24, 2.45) is 0 Å². The van der Waals surface area contributed by atoms with Crippen LogP contribution in [0.4, 0.5) is 17.1 Å². The highest BCUT2D eigenvalue weighted by molar-refractivity contribution is 7.25. The maximum atomic E-state index is 7.06. The Balaban J connectivity index is 1.07. The lowest BCUT2D eigenvalue weighted by Crippen LogP contribution is -2.11. The third-order valence-corrected chi connectivity index (χ3v) is 13.0. The van der Waals surface area contributed by atoms with Crippen molar-refractivity contribution < 1.29 is 4.42 Å². The van der Waals surface area contributed by atoms with Gasteiger partial charge in [-0.1, -0.05) is 176 Å². The van der Waals surface area contributed by atoms with Crippen molar-refractivity contribution in [2.75, 3.05) is 4.90 Å². The van der Waals surface area contributed by atoms with Crippen molar-refractivity contribution in [3.63, 3.8) is 0 Å². The summed E-state index contributed by atoms with van der Waals surface area (Å²) >= 11 is 1.86. The Bertz CT molecular complexity index is 3550. The largest absolute Gasteiger partial charge is 0.453 e. The molecule has 0 amide bonds. The Morgan fingerprint density at radius 1 is 0.322 bits per heavy atom. The standard InChI is InChI=1S/C56H35NOS/c1-2-13-37(14-3-1)44-22-11-23-49-50-24-12-25-52(56(50)58-55(44)49)57(40-30-27-38(28-31-40)42-21-10-16-36-15-4-5-17-41(36)42)51-34-33-43(45-18-6-7-19-46(45)51)39-29-32-48-47-20-8-9-26-53(47)59-54(48)35-39/h1-35H. The fraction of sp³-hybridized carbons (Fsp3) is 0. The highest BCUT2D eigenvalue weighted by Gasteiger charge is 2.23. The lowest BCUT2D eigenvalue weighted by Gasteiger charge is -2.28. The molecule has 0 aliphatic heterocycles. The molecule has 0 fully saturated rings. The number of rotatable bonds is 6. The van der Waals surface area contributed by atoms with E-state index in [1.807, 2.05) is 11.3 Å². The first-order valence-corrected chi connectivity index (χ1v) is 20.9. The van der Waals surface area contributed by atoms with Crippen LogP contribution in [0.2, 0.25) is 0 Å². The predicted octanol–water partition coefficient (Wildman–Crippen LogP) is 16.7. The Hall–Kier alpha value is -7.46. The predicted molar refractivity (Wildman–Crippen MR) is 253 cm³/mol. The number of hydrogen-bond donors (Lipinski definition) is 0. The summed E-state index contributed by atoms with van der Waals surface area (Å²) < 4.78 is 9.68. The lowest BCUT2D eigenvalue weighted by molar-refractivity contribution is 0.670. The highest BCUT2D eigenvalue weighted by Crippen LogP contribution is 2.48. The molecule has 0 radical (unpaired) electrons. The zero-order valence-electron chi connectivity index (χ0n) is 32.0. The van der Waals surface area contributed by atoms with Gasteiger partial charge in [0.05, 0.1) is 11.4 Å². The van der Waals surface area contributed by atoms with Gasteiger partial charge < -0.3 is 9.32 Å². The van der Waals surface area contributed by atoms with Crippen LogP contribution in [0.1, 0.15) is 0 Å². The molecule has 59 heavy (non-hydrogen) atoms. The maximum Gasteiger partial charge on any atom is 0.159 e. The van der Waals surface area contributed by atoms with Crippen LogP contribution in [0.15, 0.2) is 217 Å². The zero-order chi connectivity index (χ0) is 38.9. The molecule has 0 spiro atoms. The van der Waals surface area contributed by atoms with E-state index in [1.54, 1.807) is 0 Å². The van der Waals surface area contributed by atoms with Gasteiger partial charge in [-0.05, 0) is 80.4 Å². The molecule has 0 bridgehead atoms. The molecule has 0 atom stereocenters. The molecule has 0 aliphatic rings. The monoisotopic (exact) mass is 769 g/mol. The average Bonchev–Trinajstić information content (AvgIpc) is 3.88. The van der Waals surface area contributed by atoms with Gasteiger partial charge in [0.25, 0.3) is 0 Å². The van der Waals surface area contributed by atoms with E-state index in [0.717, 1.165) is 55.5 Å². The van der Waals surface area contributed by atoms with Crippen molar-refractivity contribution in [3.05, 3.63) is 212 Å². The summed E-state index contributed by atoms with van der Waals surface area (Å²) in [5, 5.41) is 9.66. The van der Waals surface area contributed by atoms with Crippen LogP contribution in [-0.2, 0) is 0 Å². The van der Waals surface area contributed by atoms with Crippen molar-refractivity contribution in [1.82, 2.24) is 0 Å². The van der Waals surface area contributed by atoms with Crippen LogP contribution in [0.3, 0.4) is 0 Å². The van der Waals surface area contributed by atoms with Gasteiger partial charge in [-0.25, -0.2) is 0 Å². The first kappa shape index (κ1) is 33.7. The first-order chi connectivity index (χ1) is 29.3. The first-order valence-electron chi connectivity index (χ1n) is 20.1. The second-order valence-electron chi connectivity index (χ2n) is 15.2. The minimum absolute atomic E-state index is 0.854. The molecular formula is C56H35NOS. The quantitative estimate of drug-likeness (QED) is 0.167. The van der Waals surface area contributed by atoms with Gasteiger partial charge in [-0.15, -0.1) is 11.3 Å². The molecule has 0 aliphatic carbocycles. The van der Waals surface area contributed by atoms with Gasteiger partial charge in [0, 0.05) is 47.6 Å². The van der Waals surface area contributed by atoms with Crippen LogP contribution in [0.25, 0.3) is 97.0 Å². The molecular weight excluding hydrogens is 735 g/mol. The number of hydrogen-bond acceptors (Lipinski definition) is 3. The number of nitrogens with zero attached hydrogens (tertiary/aromatic N) is 1. The van der Waals surface area contributed by atoms with Crippen LogP contribution in [0, 0.1) is 0 Å². The van der Waals surface area contributed by atoms with E-state index in [2.05, 4.69) is 217 Å². The summed E-state index contributed by atoms with van der Waals surface area (Å²) in [5.74, 6) is 0. The van der Waals surface area contributed by atoms with Crippen LogP contribution in [0.5, 0.6) is 0 Å². The molecule has 2 heterocycles. The van der Waals surface area contributed by atoms with Crippen LogP contribution < -0.4 is 4.90 Å². The van der Waals surface area contributed by atoms with Crippen molar-refractivity contribution >= 4 is 92.1 Å². The van der Waals surface area contributed by atoms with Gasteiger partial charge in [0.15, 0.2) is 5.58 Å². The number of thiophene rings is 1. The number of fused-ring (bicyclic) bond motifs is 8. The van der Waals surface area contributed by atoms with E-state index >= 15 is 0 Å². The topological polar surface area (TPSA) is 16.4 Å². The number of anilines is 3. The van der Waals surface area contributed by atoms with Crippen molar-refractivity contribution in [2.45, 2.75) is 0 Å². The lowest BCUT2D eigenvalue weighted by atomic mass is 9.95. The van der Waals surface area contributed by atoms with Gasteiger partial charge >= 0.3 is 0 Å². The van der Waals surface area contributed by atoms with Gasteiger partial charge in [0.2, 0.25) is 0 Å². The molecule has 2 aromatic heterocycles. The number of benzene rings is 10. The molecule has 0 unspecified atom stereocenters. The zero-order valence-corrected chi connectivity index (χ0v) is 32.8. The summed E-state index contributed by atoms with van der Waals surface area (Å²) in [7, 11) is 0.